The summed E-state index contributed by atoms with van der Waals surface area (Å²) in [4.78, 5) is 0. The Hall–Kier alpha value is -1.38. The van der Waals surface area contributed by atoms with Crippen LogP contribution in [0.4, 0.5) is 4.39 Å². The van der Waals surface area contributed by atoms with Crippen molar-refractivity contribution in [3.8, 4) is 0 Å². The Bertz CT molecular complexity index is 568. The summed E-state index contributed by atoms with van der Waals surface area (Å²) >= 11 is 5.81. The van der Waals surface area contributed by atoms with Gasteiger partial charge in [0.1, 0.15) is 5.82 Å². The van der Waals surface area contributed by atoms with Crippen LogP contribution in [-0.2, 0) is 6.42 Å². The van der Waals surface area contributed by atoms with Crippen LogP contribution >= 0.6 is 11.6 Å². The maximum absolute atomic E-state index is 14.1. The van der Waals surface area contributed by atoms with Crippen molar-refractivity contribution in [1.29, 1.82) is 0 Å². The lowest BCUT2D eigenvalue weighted by Crippen LogP contribution is -2.20. The van der Waals surface area contributed by atoms with Gasteiger partial charge in [0.25, 0.3) is 0 Å². The van der Waals surface area contributed by atoms with Crippen molar-refractivity contribution in [2.24, 2.45) is 0 Å². The molecule has 0 fully saturated rings. The Kier molecular flexibility index (Phi) is 4.56. The fourth-order valence-corrected chi connectivity index (χ4v) is 2.51. The van der Waals surface area contributed by atoms with Crippen molar-refractivity contribution in [3.05, 3.63) is 70.0 Å². The molecule has 0 bridgehead atoms. The molecular formula is C16H17ClFN. The third-order valence-electron chi connectivity index (χ3n) is 3.31. The second-order valence-electron chi connectivity index (χ2n) is 4.44. The van der Waals surface area contributed by atoms with E-state index in [-0.39, 0.29) is 11.9 Å². The van der Waals surface area contributed by atoms with Crippen molar-refractivity contribution in [1.82, 2.24) is 5.32 Å². The summed E-state index contributed by atoms with van der Waals surface area (Å²) in [7, 11) is 1.84. The van der Waals surface area contributed by atoms with Gasteiger partial charge in [-0.05, 0) is 36.7 Å². The van der Waals surface area contributed by atoms with Crippen LogP contribution in [0.3, 0.4) is 0 Å². The molecule has 0 amide bonds. The van der Waals surface area contributed by atoms with E-state index in [9.17, 15) is 4.39 Å². The number of rotatable bonds is 4. The summed E-state index contributed by atoms with van der Waals surface area (Å²) in [5.41, 5.74) is 2.94. The fraction of sp³-hybridized carbons (Fsp3) is 0.250. The third-order valence-corrected chi connectivity index (χ3v) is 3.54. The van der Waals surface area contributed by atoms with Gasteiger partial charge in [-0.1, -0.05) is 48.9 Å². The number of hydrogen-bond donors (Lipinski definition) is 1. The van der Waals surface area contributed by atoms with E-state index in [1.165, 1.54) is 11.6 Å². The first-order valence-corrected chi connectivity index (χ1v) is 6.75. The first kappa shape index (κ1) is 14.0. The highest BCUT2D eigenvalue weighted by Gasteiger charge is 2.18. The first-order chi connectivity index (χ1) is 9.17. The van der Waals surface area contributed by atoms with E-state index in [1.807, 2.05) is 25.2 Å². The summed E-state index contributed by atoms with van der Waals surface area (Å²) in [5.74, 6) is -0.280. The molecule has 0 aliphatic heterocycles. The Morgan fingerprint density at radius 1 is 1.16 bits per heavy atom. The van der Waals surface area contributed by atoms with Gasteiger partial charge in [0.05, 0.1) is 6.04 Å². The van der Waals surface area contributed by atoms with E-state index in [1.54, 1.807) is 12.1 Å². The minimum atomic E-state index is -0.280. The summed E-state index contributed by atoms with van der Waals surface area (Å²) in [5, 5.41) is 3.60. The van der Waals surface area contributed by atoms with Gasteiger partial charge < -0.3 is 5.32 Å². The van der Waals surface area contributed by atoms with Crippen LogP contribution in [0.2, 0.25) is 5.02 Å². The van der Waals surface area contributed by atoms with E-state index in [2.05, 4.69) is 18.3 Å². The summed E-state index contributed by atoms with van der Waals surface area (Å²) < 4.78 is 14.1. The number of halogens is 2. The predicted octanol–water partition coefficient (Wildman–Crippen LogP) is 4.35. The molecule has 1 nitrogen and oxygen atoms in total. The first-order valence-electron chi connectivity index (χ1n) is 6.37. The molecule has 0 saturated carbocycles. The summed E-state index contributed by atoms with van der Waals surface area (Å²) in [6, 6.07) is 12.8. The highest BCUT2D eigenvalue weighted by atomic mass is 35.5. The molecule has 19 heavy (non-hydrogen) atoms. The fourth-order valence-electron chi connectivity index (χ4n) is 2.35. The highest BCUT2D eigenvalue weighted by Crippen LogP contribution is 2.28. The van der Waals surface area contributed by atoms with Crippen LogP contribution in [0, 0.1) is 5.82 Å². The van der Waals surface area contributed by atoms with Crippen LogP contribution in [0.5, 0.6) is 0 Å². The molecule has 1 unspecified atom stereocenters. The number of aryl methyl sites for hydroxylation is 1. The van der Waals surface area contributed by atoms with E-state index in [0.717, 1.165) is 12.0 Å². The molecule has 0 radical (unpaired) electrons. The van der Waals surface area contributed by atoms with Gasteiger partial charge in [0.15, 0.2) is 0 Å². The van der Waals surface area contributed by atoms with E-state index in [0.29, 0.717) is 10.6 Å². The molecule has 3 heteroatoms. The molecule has 0 saturated heterocycles. The van der Waals surface area contributed by atoms with Crippen molar-refractivity contribution in [2.45, 2.75) is 19.4 Å². The second-order valence-corrected chi connectivity index (χ2v) is 4.88. The van der Waals surface area contributed by atoms with Gasteiger partial charge in [-0.15, -0.1) is 0 Å². The number of hydrogen-bond acceptors (Lipinski definition) is 1. The van der Waals surface area contributed by atoms with Gasteiger partial charge in [-0.25, -0.2) is 4.39 Å². The number of nitrogens with one attached hydrogen (secondary N) is 1. The van der Waals surface area contributed by atoms with Crippen molar-refractivity contribution >= 4 is 11.6 Å². The smallest absolute Gasteiger partial charge is 0.129 e. The Balaban J connectivity index is 2.50. The maximum atomic E-state index is 14.1. The Labute approximate surface area is 118 Å². The zero-order valence-electron chi connectivity index (χ0n) is 11.1. The van der Waals surface area contributed by atoms with Crippen LogP contribution in [-0.4, -0.2) is 7.05 Å². The molecular weight excluding hydrogens is 261 g/mol. The average Bonchev–Trinajstić information content (AvgIpc) is 2.42. The molecule has 100 valence electrons. The lowest BCUT2D eigenvalue weighted by Gasteiger charge is -2.21. The van der Waals surface area contributed by atoms with Crippen LogP contribution in [0.25, 0.3) is 0 Å². The van der Waals surface area contributed by atoms with E-state index in [4.69, 9.17) is 11.6 Å². The topological polar surface area (TPSA) is 12.0 Å². The molecule has 2 aromatic carbocycles. The molecule has 0 aromatic heterocycles. The number of benzene rings is 2. The van der Waals surface area contributed by atoms with Crippen LogP contribution in [0.15, 0.2) is 42.5 Å². The molecule has 2 aromatic rings. The van der Waals surface area contributed by atoms with Crippen molar-refractivity contribution < 1.29 is 4.39 Å². The molecule has 0 aliphatic rings. The van der Waals surface area contributed by atoms with Gasteiger partial charge in [-0.3, -0.25) is 0 Å². The average molecular weight is 278 g/mol. The minimum absolute atomic E-state index is 0.159. The molecule has 0 aliphatic carbocycles. The predicted molar refractivity (Wildman–Crippen MR) is 78.1 cm³/mol. The standard InChI is InChI=1S/C16H17ClFN/c1-3-11-6-4-5-7-13(11)16(19-2)14-9-8-12(17)10-15(14)18/h4-10,16,19H,3H2,1-2H3. The zero-order valence-corrected chi connectivity index (χ0v) is 11.8. The van der Waals surface area contributed by atoms with E-state index < -0.39 is 0 Å². The largest absolute Gasteiger partial charge is 0.309 e. The van der Waals surface area contributed by atoms with E-state index >= 15 is 0 Å². The van der Waals surface area contributed by atoms with Crippen molar-refractivity contribution in [2.75, 3.05) is 7.05 Å². The second kappa shape index (κ2) is 6.18. The Morgan fingerprint density at radius 3 is 2.53 bits per heavy atom. The maximum Gasteiger partial charge on any atom is 0.129 e. The molecule has 0 heterocycles. The zero-order chi connectivity index (χ0) is 13.8. The highest BCUT2D eigenvalue weighted by molar-refractivity contribution is 6.30. The quantitative estimate of drug-likeness (QED) is 0.876. The SMILES string of the molecule is CCc1ccccc1C(NC)c1ccc(Cl)cc1F. The van der Waals surface area contributed by atoms with Gasteiger partial charge in [0, 0.05) is 10.6 Å². The van der Waals surface area contributed by atoms with Gasteiger partial charge in [0.2, 0.25) is 0 Å². The lowest BCUT2D eigenvalue weighted by atomic mass is 9.93. The van der Waals surface area contributed by atoms with Gasteiger partial charge in [-0.2, -0.15) is 0 Å². The normalized spacial score (nSPS) is 12.4. The van der Waals surface area contributed by atoms with Gasteiger partial charge >= 0.3 is 0 Å². The lowest BCUT2D eigenvalue weighted by molar-refractivity contribution is 0.574. The molecule has 2 rings (SSSR count). The molecule has 0 spiro atoms. The minimum Gasteiger partial charge on any atom is -0.309 e. The summed E-state index contributed by atoms with van der Waals surface area (Å²) in [6.07, 6.45) is 0.920. The Morgan fingerprint density at radius 2 is 1.89 bits per heavy atom. The van der Waals surface area contributed by atoms with Crippen LogP contribution in [0.1, 0.15) is 29.7 Å². The molecule has 1 atom stereocenters. The third kappa shape index (κ3) is 2.96. The molecule has 1 N–H and O–H groups in total. The monoisotopic (exact) mass is 277 g/mol. The summed E-state index contributed by atoms with van der Waals surface area (Å²) in [6.45, 7) is 2.10. The van der Waals surface area contributed by atoms with Crippen LogP contribution < -0.4 is 5.32 Å². The van der Waals surface area contributed by atoms with Crippen molar-refractivity contribution in [3.63, 3.8) is 0 Å².